The van der Waals surface area contributed by atoms with Crippen molar-refractivity contribution in [1.82, 2.24) is 15.3 Å². The third-order valence-electron chi connectivity index (χ3n) is 4.51. The number of aromatic nitrogens is 2. The van der Waals surface area contributed by atoms with Crippen LogP contribution in [0.4, 0.5) is 5.82 Å². The molecule has 2 aromatic rings. The highest BCUT2D eigenvalue weighted by atomic mass is 16.2. The largest absolute Gasteiger partial charge is 0.359 e. The van der Waals surface area contributed by atoms with Gasteiger partial charge in [0.1, 0.15) is 0 Å². The molecule has 0 fully saturated rings. The van der Waals surface area contributed by atoms with Gasteiger partial charge in [-0.15, -0.1) is 4.98 Å². The van der Waals surface area contributed by atoms with Gasteiger partial charge in [0, 0.05) is 12.1 Å². The van der Waals surface area contributed by atoms with Crippen molar-refractivity contribution in [2.24, 2.45) is 5.92 Å². The lowest BCUT2D eigenvalue weighted by Gasteiger charge is -2.25. The normalized spacial score (nSPS) is 12.3. The van der Waals surface area contributed by atoms with Gasteiger partial charge >= 0.3 is 0 Å². The number of rotatable bonds is 6. The van der Waals surface area contributed by atoms with Crippen molar-refractivity contribution < 1.29 is 4.79 Å². The first kappa shape index (κ1) is 18.6. The molecule has 130 valence electrons. The maximum absolute atomic E-state index is 12.6. The van der Waals surface area contributed by atoms with E-state index in [0.29, 0.717) is 18.2 Å². The summed E-state index contributed by atoms with van der Waals surface area (Å²) in [7, 11) is 0. The van der Waals surface area contributed by atoms with Crippen molar-refractivity contribution in [3.05, 3.63) is 53.6 Å². The number of amides is 1. The molecule has 0 aliphatic heterocycles. The average Bonchev–Trinajstić information content (AvgIpc) is 2.65. The van der Waals surface area contributed by atoms with Gasteiger partial charge in [-0.25, -0.2) is 0 Å². The van der Waals surface area contributed by atoms with Crippen LogP contribution in [0.5, 0.6) is 0 Å². The molecular formula is C20H24N4O. The van der Waals surface area contributed by atoms with Gasteiger partial charge in [-0.2, -0.15) is 0 Å². The van der Waals surface area contributed by atoms with E-state index in [1.165, 1.54) is 6.20 Å². The Bertz CT molecular complexity index is 775. The summed E-state index contributed by atoms with van der Waals surface area (Å²) >= 11 is 0. The van der Waals surface area contributed by atoms with Crippen LogP contribution in [-0.2, 0) is 10.2 Å². The van der Waals surface area contributed by atoms with Crippen molar-refractivity contribution in [3.63, 3.8) is 0 Å². The highest BCUT2D eigenvalue weighted by Gasteiger charge is 2.29. The Kier molecular flexibility index (Phi) is 5.87. The van der Waals surface area contributed by atoms with Gasteiger partial charge in [0.2, 0.25) is 5.91 Å². The third-order valence-corrected chi connectivity index (χ3v) is 4.51. The van der Waals surface area contributed by atoms with E-state index in [0.717, 1.165) is 17.5 Å². The Balaban J connectivity index is 2.17. The maximum atomic E-state index is 12.6. The molecule has 1 amide bonds. The molecule has 2 rings (SSSR count). The van der Waals surface area contributed by atoms with Gasteiger partial charge in [-0.3, -0.25) is 9.78 Å². The topological polar surface area (TPSA) is 59.2 Å². The summed E-state index contributed by atoms with van der Waals surface area (Å²) in [6.45, 7) is 15.8. The molecule has 0 unspecified atom stereocenters. The molecule has 0 bridgehead atoms. The lowest BCUT2D eigenvalue weighted by Crippen LogP contribution is -2.41. The molecule has 0 aliphatic rings. The van der Waals surface area contributed by atoms with Gasteiger partial charge in [-0.1, -0.05) is 51.1 Å². The fraction of sp³-hybridized carbons (Fsp3) is 0.400. The molecule has 0 spiro atoms. The zero-order valence-electron chi connectivity index (χ0n) is 15.2. The van der Waals surface area contributed by atoms with E-state index in [2.05, 4.69) is 34.0 Å². The Morgan fingerprint density at radius 1 is 1.28 bits per heavy atom. The molecule has 1 atom stereocenters. The van der Waals surface area contributed by atoms with Crippen LogP contribution in [-0.4, -0.2) is 22.4 Å². The van der Waals surface area contributed by atoms with Crippen molar-refractivity contribution in [3.8, 4) is 11.3 Å². The van der Waals surface area contributed by atoms with Crippen LogP contribution in [0, 0.1) is 12.5 Å². The van der Waals surface area contributed by atoms with E-state index >= 15 is 0 Å². The van der Waals surface area contributed by atoms with Gasteiger partial charge < -0.3 is 10.2 Å². The molecule has 0 saturated carbocycles. The van der Waals surface area contributed by atoms with Crippen LogP contribution >= 0.6 is 0 Å². The number of nitrogens with zero attached hydrogens (tertiary/aromatic N) is 3. The predicted octanol–water partition coefficient (Wildman–Crippen LogP) is 4.13. The second kappa shape index (κ2) is 7.89. The van der Waals surface area contributed by atoms with E-state index in [1.807, 2.05) is 38.1 Å². The molecule has 1 aromatic heterocycles. The maximum Gasteiger partial charge on any atom is 0.288 e. The minimum atomic E-state index is -0.615. The summed E-state index contributed by atoms with van der Waals surface area (Å²) in [6, 6.07) is 7.70. The number of carbonyl (C=O) groups excluding carboxylic acids is 1. The second-order valence-electron chi connectivity index (χ2n) is 6.80. The quantitative estimate of drug-likeness (QED) is 0.807. The SMILES string of the molecule is [C-]#[N+]c1cncc(-c2ccc(C(C)(C)C(=O)NC[C@@H](C)CC)cc2)n1. The van der Waals surface area contributed by atoms with Crippen LogP contribution in [0.3, 0.4) is 0 Å². The number of benzene rings is 1. The van der Waals surface area contributed by atoms with Crippen LogP contribution in [0.1, 0.15) is 39.7 Å². The molecule has 0 aliphatic carbocycles. The molecule has 0 saturated heterocycles. The molecule has 5 nitrogen and oxygen atoms in total. The molecule has 1 aromatic carbocycles. The highest BCUT2D eigenvalue weighted by molar-refractivity contribution is 5.87. The first-order chi connectivity index (χ1) is 11.9. The first-order valence-corrected chi connectivity index (χ1v) is 8.47. The van der Waals surface area contributed by atoms with Gasteiger partial charge in [0.25, 0.3) is 5.82 Å². The first-order valence-electron chi connectivity index (χ1n) is 8.47. The third kappa shape index (κ3) is 4.42. The van der Waals surface area contributed by atoms with Crippen LogP contribution < -0.4 is 5.32 Å². The Hall–Kier alpha value is -2.74. The second-order valence-corrected chi connectivity index (χ2v) is 6.80. The number of carbonyl (C=O) groups is 1. The number of hydrogen-bond acceptors (Lipinski definition) is 3. The molecule has 0 radical (unpaired) electrons. The summed E-state index contributed by atoms with van der Waals surface area (Å²) in [4.78, 5) is 24.1. The van der Waals surface area contributed by atoms with E-state index in [1.54, 1.807) is 6.20 Å². The molecule has 25 heavy (non-hydrogen) atoms. The Morgan fingerprint density at radius 2 is 1.96 bits per heavy atom. The molecular weight excluding hydrogens is 312 g/mol. The molecule has 1 N–H and O–H groups in total. The van der Waals surface area contributed by atoms with Gasteiger partial charge in [0.05, 0.1) is 17.8 Å². The van der Waals surface area contributed by atoms with Crippen LogP contribution in [0.2, 0.25) is 0 Å². The minimum absolute atomic E-state index is 0.0235. The number of nitrogens with one attached hydrogen (secondary N) is 1. The van der Waals surface area contributed by atoms with Crippen molar-refractivity contribution in [2.45, 2.75) is 39.5 Å². The monoisotopic (exact) mass is 336 g/mol. The lowest BCUT2D eigenvalue weighted by atomic mass is 9.83. The Morgan fingerprint density at radius 3 is 2.56 bits per heavy atom. The summed E-state index contributed by atoms with van der Waals surface area (Å²) in [5.74, 6) is 0.761. The van der Waals surface area contributed by atoms with E-state index in [9.17, 15) is 4.79 Å². The molecule has 5 heteroatoms. The average molecular weight is 336 g/mol. The summed E-state index contributed by atoms with van der Waals surface area (Å²) in [6.07, 6.45) is 4.11. The lowest BCUT2D eigenvalue weighted by molar-refractivity contribution is -0.125. The fourth-order valence-corrected chi connectivity index (χ4v) is 2.37. The smallest absolute Gasteiger partial charge is 0.288 e. The Labute approximate surface area is 149 Å². The number of hydrogen-bond donors (Lipinski definition) is 1. The van der Waals surface area contributed by atoms with E-state index < -0.39 is 5.41 Å². The van der Waals surface area contributed by atoms with Crippen LogP contribution in [0.15, 0.2) is 36.7 Å². The van der Waals surface area contributed by atoms with E-state index in [-0.39, 0.29) is 11.7 Å². The minimum Gasteiger partial charge on any atom is -0.359 e. The standard InChI is InChI=1S/C20H24N4O/c1-6-14(2)11-23-19(25)20(3,4)16-9-7-15(8-10-16)17-12-22-13-18(21-5)24-17/h7-10,12-14H,6,11H2,1-4H3,(H,23,25)/t14-/m0/s1. The van der Waals surface area contributed by atoms with Crippen molar-refractivity contribution >= 4 is 11.7 Å². The summed E-state index contributed by atoms with van der Waals surface area (Å²) in [5, 5.41) is 3.04. The van der Waals surface area contributed by atoms with Crippen molar-refractivity contribution in [1.29, 1.82) is 0 Å². The van der Waals surface area contributed by atoms with Gasteiger partial charge in [0.15, 0.2) is 5.69 Å². The summed E-state index contributed by atoms with van der Waals surface area (Å²) < 4.78 is 0. The molecule has 1 heterocycles. The highest BCUT2D eigenvalue weighted by Crippen LogP contribution is 2.27. The zero-order chi connectivity index (χ0) is 18.4. The van der Waals surface area contributed by atoms with Crippen molar-refractivity contribution in [2.75, 3.05) is 6.54 Å². The fourth-order valence-electron chi connectivity index (χ4n) is 2.37. The summed E-state index contributed by atoms with van der Waals surface area (Å²) in [5.41, 5.74) is 1.85. The van der Waals surface area contributed by atoms with E-state index in [4.69, 9.17) is 6.57 Å². The van der Waals surface area contributed by atoms with Gasteiger partial charge in [-0.05, 0) is 25.3 Å². The van der Waals surface area contributed by atoms with Crippen LogP contribution in [0.25, 0.3) is 16.1 Å². The zero-order valence-corrected chi connectivity index (χ0v) is 15.2. The predicted molar refractivity (Wildman–Crippen MR) is 99.2 cm³/mol.